The van der Waals surface area contributed by atoms with Crippen molar-refractivity contribution in [2.45, 2.75) is 64.3 Å². The van der Waals surface area contributed by atoms with Gasteiger partial charge in [0, 0.05) is 67.9 Å². The second-order valence-corrected chi connectivity index (χ2v) is 9.86. The number of pyridine rings is 1. The fourth-order valence-electron chi connectivity index (χ4n) is 4.36. The van der Waals surface area contributed by atoms with Crippen LogP contribution in [0.5, 0.6) is 0 Å². The molecule has 0 spiro atoms. The molecule has 8 nitrogen and oxygen atoms in total. The molecule has 0 atom stereocenters. The molecule has 0 N–H and O–H groups in total. The summed E-state index contributed by atoms with van der Waals surface area (Å²) in [6.07, 6.45) is 10.4. The van der Waals surface area contributed by atoms with Gasteiger partial charge < -0.3 is 18.9 Å². The number of rotatable bonds is 2. The normalized spacial score (nSPS) is 17.1. The van der Waals surface area contributed by atoms with Crippen molar-refractivity contribution in [3.05, 3.63) is 46.3 Å². The predicted octanol–water partition coefficient (Wildman–Crippen LogP) is 3.89. The molecular weight excluding hydrogens is 432 g/mol. The third-order valence-electron chi connectivity index (χ3n) is 6.31. The number of hydrogen-bond acceptors (Lipinski definition) is 6. The van der Waals surface area contributed by atoms with Crippen molar-refractivity contribution in [2.24, 2.45) is 0 Å². The van der Waals surface area contributed by atoms with Crippen molar-refractivity contribution in [3.63, 3.8) is 0 Å². The molecule has 2 aliphatic rings. The number of ether oxygens (including phenoxy) is 2. The van der Waals surface area contributed by atoms with Crippen LogP contribution >= 0.6 is 0 Å². The average molecular weight is 465 g/mol. The quantitative estimate of drug-likeness (QED) is 0.627. The van der Waals surface area contributed by atoms with Gasteiger partial charge in [-0.05, 0) is 43.6 Å². The maximum absolute atomic E-state index is 12.6. The van der Waals surface area contributed by atoms with Gasteiger partial charge in [0.2, 0.25) is 5.82 Å². The summed E-state index contributed by atoms with van der Waals surface area (Å²) in [5.74, 6) is 3.03. The molecule has 0 radical (unpaired) electrons. The van der Waals surface area contributed by atoms with Gasteiger partial charge in [0.05, 0.1) is 5.69 Å². The third kappa shape index (κ3) is 5.65. The number of piperidine rings is 1. The Kier molecular flexibility index (Phi) is 7.32. The number of aromatic nitrogens is 3. The van der Waals surface area contributed by atoms with Crippen molar-refractivity contribution in [1.29, 1.82) is 0 Å². The summed E-state index contributed by atoms with van der Waals surface area (Å²) in [5.41, 5.74) is 2.23. The first-order chi connectivity index (χ1) is 16.3. The highest BCUT2D eigenvalue weighted by Gasteiger charge is 2.23. The van der Waals surface area contributed by atoms with Crippen LogP contribution in [0.4, 0.5) is 4.79 Å². The maximum atomic E-state index is 12.6. The summed E-state index contributed by atoms with van der Waals surface area (Å²) in [6.45, 7) is 8.98. The van der Waals surface area contributed by atoms with Gasteiger partial charge >= 0.3 is 6.09 Å². The van der Waals surface area contributed by atoms with Crippen LogP contribution in [0.25, 0.3) is 11.3 Å². The van der Waals surface area contributed by atoms with Crippen molar-refractivity contribution >= 4 is 6.09 Å². The topological polar surface area (TPSA) is 86.5 Å². The summed E-state index contributed by atoms with van der Waals surface area (Å²) < 4.78 is 12.4. The fraction of sp³-hybridized carbons (Fsp3) is 0.538. The van der Waals surface area contributed by atoms with E-state index in [-0.39, 0.29) is 22.8 Å². The number of carbonyl (C=O) groups excluding carboxylic acids is 1. The Bertz CT molecular complexity index is 1140. The van der Waals surface area contributed by atoms with E-state index in [1.165, 1.54) is 0 Å². The lowest BCUT2D eigenvalue weighted by Gasteiger charge is -2.25. The molecule has 2 aliphatic heterocycles. The largest absolute Gasteiger partial charge is 0.423 e. The first-order valence-electron chi connectivity index (χ1n) is 12.0. The van der Waals surface area contributed by atoms with E-state index in [4.69, 9.17) is 14.5 Å². The van der Waals surface area contributed by atoms with Gasteiger partial charge in [-0.25, -0.2) is 14.8 Å². The number of amides is 1. The maximum Gasteiger partial charge on any atom is 0.423 e. The molecule has 34 heavy (non-hydrogen) atoms. The average Bonchev–Trinajstić information content (AvgIpc) is 2.84. The monoisotopic (exact) mass is 464 g/mol. The molecule has 0 aromatic carbocycles. The summed E-state index contributed by atoms with van der Waals surface area (Å²) in [7, 11) is 0. The lowest BCUT2D eigenvalue weighted by atomic mass is 9.85. The minimum atomic E-state index is -0.428. The van der Waals surface area contributed by atoms with Crippen LogP contribution in [0.2, 0.25) is 0 Å². The van der Waals surface area contributed by atoms with Crippen LogP contribution in [0.3, 0.4) is 0 Å². The van der Waals surface area contributed by atoms with Gasteiger partial charge in [-0.2, -0.15) is 0 Å². The zero-order valence-electron chi connectivity index (χ0n) is 20.2. The van der Waals surface area contributed by atoms with E-state index >= 15 is 0 Å². The van der Waals surface area contributed by atoms with Gasteiger partial charge in [0.1, 0.15) is 6.11 Å². The standard InChI is InChI=1S/C26H32N4O4/c1-26(2,3)21-17-27-22(11-16-34-25(32)29-12-5-4-6-13-29)28-24(21)19-7-8-23(31)30(18-19)20-9-14-33-15-10-20/h7-8,17-18,20H,4-6,9-10,12-15H2,1-3H3. The number of carbonyl (C=O) groups is 1. The zero-order valence-corrected chi connectivity index (χ0v) is 20.2. The SMILES string of the molecule is CC(C)(C)c1cnc(C#COC(=O)N2CCCCC2)nc1-c1ccc(=O)n(C2CCOCC2)c1. The molecule has 1 amide bonds. The molecule has 4 heterocycles. The summed E-state index contributed by atoms with van der Waals surface area (Å²) in [5, 5.41) is 0. The molecule has 0 bridgehead atoms. The van der Waals surface area contributed by atoms with E-state index in [0.717, 1.165) is 48.9 Å². The van der Waals surface area contributed by atoms with E-state index in [2.05, 4.69) is 37.8 Å². The molecule has 2 aromatic rings. The van der Waals surface area contributed by atoms with E-state index in [0.29, 0.717) is 26.3 Å². The Morgan fingerprint density at radius 1 is 1.15 bits per heavy atom. The highest BCUT2D eigenvalue weighted by atomic mass is 16.5. The Labute approximate surface area is 200 Å². The van der Waals surface area contributed by atoms with Crippen molar-refractivity contribution < 1.29 is 14.3 Å². The molecule has 2 fully saturated rings. The molecule has 4 rings (SSSR count). The van der Waals surface area contributed by atoms with Crippen molar-refractivity contribution in [3.8, 4) is 23.3 Å². The molecule has 180 valence electrons. The van der Waals surface area contributed by atoms with Gasteiger partial charge in [0.25, 0.3) is 5.56 Å². The Balaban J connectivity index is 1.63. The zero-order chi connectivity index (χ0) is 24.1. The van der Waals surface area contributed by atoms with Gasteiger partial charge in [-0.1, -0.05) is 20.8 Å². The minimum Gasteiger partial charge on any atom is -0.381 e. The highest BCUT2D eigenvalue weighted by molar-refractivity contribution is 5.69. The summed E-state index contributed by atoms with van der Waals surface area (Å²) in [6, 6.07) is 3.49. The van der Waals surface area contributed by atoms with Crippen molar-refractivity contribution in [1.82, 2.24) is 19.4 Å². The molecule has 8 heteroatoms. The molecule has 0 saturated carbocycles. The second-order valence-electron chi connectivity index (χ2n) is 9.86. The van der Waals surface area contributed by atoms with Crippen LogP contribution in [-0.2, 0) is 14.9 Å². The Hall–Kier alpha value is -3.18. The molecular formula is C26H32N4O4. The Morgan fingerprint density at radius 3 is 2.59 bits per heavy atom. The highest BCUT2D eigenvalue weighted by Crippen LogP contribution is 2.31. The summed E-state index contributed by atoms with van der Waals surface area (Å²) in [4.78, 5) is 35.6. The van der Waals surface area contributed by atoms with E-state index in [9.17, 15) is 9.59 Å². The lowest BCUT2D eigenvalue weighted by Crippen LogP contribution is -2.35. The molecule has 2 saturated heterocycles. The molecule has 0 unspecified atom stereocenters. The van der Waals surface area contributed by atoms with Gasteiger partial charge in [-0.3, -0.25) is 4.79 Å². The van der Waals surface area contributed by atoms with Crippen LogP contribution in [-0.4, -0.2) is 51.8 Å². The molecule has 2 aromatic heterocycles. The van der Waals surface area contributed by atoms with Crippen LogP contribution in [0.15, 0.2) is 29.3 Å². The third-order valence-corrected chi connectivity index (χ3v) is 6.31. The summed E-state index contributed by atoms with van der Waals surface area (Å²) >= 11 is 0. The smallest absolute Gasteiger partial charge is 0.381 e. The van der Waals surface area contributed by atoms with Crippen molar-refractivity contribution in [2.75, 3.05) is 26.3 Å². The van der Waals surface area contributed by atoms with Crippen LogP contribution < -0.4 is 5.56 Å². The first-order valence-corrected chi connectivity index (χ1v) is 12.0. The van der Waals surface area contributed by atoms with Crippen LogP contribution in [0.1, 0.15) is 70.3 Å². The van der Waals surface area contributed by atoms with E-state index < -0.39 is 6.09 Å². The number of likely N-dealkylation sites (tertiary alicyclic amines) is 1. The Morgan fingerprint density at radius 2 is 1.88 bits per heavy atom. The number of nitrogens with zero attached hydrogens (tertiary/aromatic N) is 4. The van der Waals surface area contributed by atoms with E-state index in [1.54, 1.807) is 27.8 Å². The van der Waals surface area contributed by atoms with Crippen LogP contribution in [0, 0.1) is 12.0 Å². The minimum absolute atomic E-state index is 0.0355. The fourth-order valence-corrected chi connectivity index (χ4v) is 4.36. The first kappa shape index (κ1) is 24.0. The van der Waals surface area contributed by atoms with Gasteiger partial charge in [-0.15, -0.1) is 0 Å². The number of hydrogen-bond donors (Lipinski definition) is 0. The predicted molar refractivity (Wildman–Crippen MR) is 128 cm³/mol. The lowest BCUT2D eigenvalue weighted by molar-refractivity contribution is 0.0687. The van der Waals surface area contributed by atoms with E-state index in [1.807, 2.05) is 6.20 Å². The van der Waals surface area contributed by atoms with Gasteiger partial charge in [0.15, 0.2) is 0 Å². The second kappa shape index (κ2) is 10.4. The molecule has 0 aliphatic carbocycles.